The Bertz CT molecular complexity index is 972. The van der Waals surface area contributed by atoms with Gasteiger partial charge in [0.1, 0.15) is 13.2 Å². The minimum Gasteiger partial charge on any atom is -0.486 e. The Morgan fingerprint density at radius 2 is 2.00 bits per heavy atom. The molecule has 0 bridgehead atoms. The van der Waals surface area contributed by atoms with Crippen LogP contribution in [0.4, 0.5) is 0 Å². The molecule has 1 N–H and O–H groups in total. The van der Waals surface area contributed by atoms with Gasteiger partial charge >= 0.3 is 5.97 Å². The standard InChI is InChI=1S/C19H25N3O7S/c1-13(2)10-17-21-18(29-22-17)12-28-19(23)4-3-7-20-30(24,25)14-5-6-15-16(11-14)27-9-8-26-15/h5-6,11,13,20H,3-4,7-10,12H2,1-2H3. The zero-order chi connectivity index (χ0) is 21.6. The van der Waals surface area contributed by atoms with Crippen LogP contribution in [0.1, 0.15) is 38.4 Å². The lowest BCUT2D eigenvalue weighted by Crippen LogP contribution is -2.25. The van der Waals surface area contributed by atoms with Gasteiger partial charge in [-0.05, 0) is 24.5 Å². The molecule has 2 heterocycles. The van der Waals surface area contributed by atoms with E-state index in [-0.39, 0.29) is 36.8 Å². The molecule has 0 fully saturated rings. The van der Waals surface area contributed by atoms with Crippen molar-refractivity contribution in [2.45, 2.75) is 44.6 Å². The maximum absolute atomic E-state index is 12.4. The molecule has 1 aromatic heterocycles. The van der Waals surface area contributed by atoms with Crippen LogP contribution in [0.3, 0.4) is 0 Å². The molecule has 0 saturated heterocycles. The van der Waals surface area contributed by atoms with Crippen molar-refractivity contribution in [3.63, 3.8) is 0 Å². The number of carbonyl (C=O) groups excluding carboxylic acids is 1. The SMILES string of the molecule is CC(C)Cc1noc(COC(=O)CCCNS(=O)(=O)c2ccc3c(c2)OCCO3)n1. The number of nitrogens with zero attached hydrogens (tertiary/aromatic N) is 2. The lowest BCUT2D eigenvalue weighted by molar-refractivity contribution is -0.145. The number of fused-ring (bicyclic) bond motifs is 1. The Morgan fingerprint density at radius 1 is 1.23 bits per heavy atom. The van der Waals surface area contributed by atoms with Gasteiger partial charge in [0.15, 0.2) is 23.9 Å². The molecule has 0 unspecified atom stereocenters. The average Bonchev–Trinajstić information content (AvgIpc) is 3.16. The van der Waals surface area contributed by atoms with Gasteiger partial charge in [0.05, 0.1) is 4.90 Å². The molecule has 1 aliphatic rings. The molecule has 0 atom stereocenters. The van der Waals surface area contributed by atoms with E-state index in [4.69, 9.17) is 18.7 Å². The molecule has 164 valence electrons. The summed E-state index contributed by atoms with van der Waals surface area (Å²) >= 11 is 0. The lowest BCUT2D eigenvalue weighted by atomic mass is 10.1. The fourth-order valence-electron chi connectivity index (χ4n) is 2.72. The van der Waals surface area contributed by atoms with Gasteiger partial charge in [-0.2, -0.15) is 4.98 Å². The molecule has 0 radical (unpaired) electrons. The number of nitrogens with one attached hydrogen (secondary N) is 1. The molecule has 3 rings (SSSR count). The van der Waals surface area contributed by atoms with Crippen LogP contribution in [0.15, 0.2) is 27.6 Å². The van der Waals surface area contributed by atoms with Crippen molar-refractivity contribution in [3.05, 3.63) is 29.9 Å². The van der Waals surface area contributed by atoms with E-state index in [1.54, 1.807) is 6.07 Å². The third-order valence-corrected chi connectivity index (χ3v) is 5.59. The topological polar surface area (TPSA) is 130 Å². The van der Waals surface area contributed by atoms with Gasteiger partial charge in [-0.15, -0.1) is 0 Å². The Hall–Kier alpha value is -2.66. The average molecular weight is 439 g/mol. The molecule has 1 aliphatic heterocycles. The predicted molar refractivity (Wildman–Crippen MR) is 104 cm³/mol. The van der Waals surface area contributed by atoms with Gasteiger partial charge in [0.25, 0.3) is 5.89 Å². The number of benzene rings is 1. The predicted octanol–water partition coefficient (Wildman–Crippen LogP) is 1.84. The maximum Gasteiger partial charge on any atom is 0.306 e. The number of hydrogen-bond donors (Lipinski definition) is 1. The molecular weight excluding hydrogens is 414 g/mol. The van der Waals surface area contributed by atoms with Crippen molar-refractivity contribution >= 4 is 16.0 Å². The van der Waals surface area contributed by atoms with Crippen LogP contribution < -0.4 is 14.2 Å². The van der Waals surface area contributed by atoms with E-state index in [1.807, 2.05) is 13.8 Å². The van der Waals surface area contributed by atoms with E-state index in [1.165, 1.54) is 12.1 Å². The second-order valence-corrected chi connectivity index (χ2v) is 8.94. The first-order chi connectivity index (χ1) is 14.3. The van der Waals surface area contributed by atoms with Gasteiger partial charge in [0, 0.05) is 25.5 Å². The first-order valence-electron chi connectivity index (χ1n) is 9.70. The zero-order valence-corrected chi connectivity index (χ0v) is 17.7. The number of rotatable bonds is 10. The van der Waals surface area contributed by atoms with Gasteiger partial charge < -0.3 is 18.7 Å². The Morgan fingerprint density at radius 3 is 2.77 bits per heavy atom. The Labute approximate surface area is 174 Å². The van der Waals surface area contributed by atoms with Crippen LogP contribution in [-0.2, 0) is 32.6 Å². The highest BCUT2D eigenvalue weighted by molar-refractivity contribution is 7.89. The second kappa shape index (κ2) is 9.90. The highest BCUT2D eigenvalue weighted by Crippen LogP contribution is 2.32. The number of aromatic nitrogens is 2. The summed E-state index contributed by atoms with van der Waals surface area (Å²) in [7, 11) is -3.73. The van der Waals surface area contributed by atoms with Crippen molar-refractivity contribution in [2.24, 2.45) is 5.92 Å². The fourth-order valence-corrected chi connectivity index (χ4v) is 3.81. The van der Waals surface area contributed by atoms with E-state index in [0.29, 0.717) is 42.9 Å². The highest BCUT2D eigenvalue weighted by Gasteiger charge is 2.19. The summed E-state index contributed by atoms with van der Waals surface area (Å²) in [5.74, 6) is 1.63. The summed E-state index contributed by atoms with van der Waals surface area (Å²) in [4.78, 5) is 16.1. The van der Waals surface area contributed by atoms with Crippen LogP contribution >= 0.6 is 0 Å². The Kier molecular flexibility index (Phi) is 7.27. The van der Waals surface area contributed by atoms with Crippen LogP contribution in [0.2, 0.25) is 0 Å². The number of esters is 1. The molecule has 0 amide bonds. The van der Waals surface area contributed by atoms with Crippen molar-refractivity contribution in [2.75, 3.05) is 19.8 Å². The van der Waals surface area contributed by atoms with E-state index in [9.17, 15) is 13.2 Å². The summed E-state index contributed by atoms with van der Waals surface area (Å²) < 4.78 is 48.2. The number of ether oxygens (including phenoxy) is 3. The van der Waals surface area contributed by atoms with Crippen LogP contribution in [-0.4, -0.2) is 44.3 Å². The second-order valence-electron chi connectivity index (χ2n) is 7.17. The molecule has 0 spiro atoms. The summed E-state index contributed by atoms with van der Waals surface area (Å²) in [6.07, 6.45) is 1.02. The van der Waals surface area contributed by atoms with Gasteiger partial charge in [-0.3, -0.25) is 4.79 Å². The van der Waals surface area contributed by atoms with E-state index in [2.05, 4.69) is 14.9 Å². The van der Waals surface area contributed by atoms with Crippen LogP contribution in [0, 0.1) is 5.92 Å². The number of hydrogen-bond acceptors (Lipinski definition) is 9. The molecule has 10 nitrogen and oxygen atoms in total. The van der Waals surface area contributed by atoms with E-state index in [0.717, 1.165) is 0 Å². The third-order valence-electron chi connectivity index (χ3n) is 4.13. The summed E-state index contributed by atoms with van der Waals surface area (Å²) in [5.41, 5.74) is 0. The van der Waals surface area contributed by atoms with Gasteiger partial charge in [0.2, 0.25) is 10.0 Å². The van der Waals surface area contributed by atoms with Gasteiger partial charge in [-0.25, -0.2) is 13.1 Å². The van der Waals surface area contributed by atoms with Crippen molar-refractivity contribution in [1.82, 2.24) is 14.9 Å². The monoisotopic (exact) mass is 439 g/mol. The lowest BCUT2D eigenvalue weighted by Gasteiger charge is -2.18. The molecular formula is C19H25N3O7S. The molecule has 2 aromatic rings. The minimum atomic E-state index is -3.73. The largest absolute Gasteiger partial charge is 0.486 e. The number of carbonyl (C=O) groups is 1. The van der Waals surface area contributed by atoms with Crippen molar-refractivity contribution in [1.29, 1.82) is 0 Å². The highest BCUT2D eigenvalue weighted by atomic mass is 32.2. The first kappa shape index (κ1) is 22.0. The molecule has 0 aliphatic carbocycles. The van der Waals surface area contributed by atoms with Crippen LogP contribution in [0.5, 0.6) is 11.5 Å². The van der Waals surface area contributed by atoms with Gasteiger partial charge in [-0.1, -0.05) is 19.0 Å². The fraction of sp³-hybridized carbons (Fsp3) is 0.526. The molecule has 11 heteroatoms. The molecule has 30 heavy (non-hydrogen) atoms. The summed E-state index contributed by atoms with van der Waals surface area (Å²) in [5, 5.41) is 3.82. The van der Waals surface area contributed by atoms with Crippen LogP contribution in [0.25, 0.3) is 0 Å². The Balaban J connectivity index is 1.39. The van der Waals surface area contributed by atoms with Crippen molar-refractivity contribution < 1.29 is 31.9 Å². The summed E-state index contributed by atoms with van der Waals surface area (Å²) in [6.45, 7) is 4.86. The van der Waals surface area contributed by atoms with E-state index < -0.39 is 16.0 Å². The quantitative estimate of drug-likeness (QED) is 0.435. The maximum atomic E-state index is 12.4. The normalized spacial score (nSPS) is 13.4. The summed E-state index contributed by atoms with van der Waals surface area (Å²) in [6, 6.07) is 4.43. The first-order valence-corrected chi connectivity index (χ1v) is 11.2. The van der Waals surface area contributed by atoms with Crippen molar-refractivity contribution in [3.8, 4) is 11.5 Å². The molecule has 0 saturated carbocycles. The smallest absolute Gasteiger partial charge is 0.306 e. The molecule has 1 aromatic carbocycles. The number of sulfonamides is 1. The zero-order valence-electron chi connectivity index (χ0n) is 16.9. The van der Waals surface area contributed by atoms with E-state index >= 15 is 0 Å². The third kappa shape index (κ3) is 6.17. The minimum absolute atomic E-state index is 0.0522.